The van der Waals surface area contributed by atoms with Crippen LogP contribution in [0.25, 0.3) is 53.6 Å². The molecule has 0 saturated carbocycles. The maximum Gasteiger partial charge on any atom is 0.100 e. The smallest absolute Gasteiger partial charge is 0.100 e. The second kappa shape index (κ2) is 10.4. The molecule has 2 nitrogen and oxygen atoms in total. The van der Waals surface area contributed by atoms with Gasteiger partial charge in [-0.1, -0.05) is 97.1 Å². The van der Waals surface area contributed by atoms with Crippen LogP contribution < -0.4 is 0 Å². The highest BCUT2D eigenvalue weighted by molar-refractivity contribution is 7.14. The van der Waals surface area contributed by atoms with E-state index < -0.39 is 0 Å². The summed E-state index contributed by atoms with van der Waals surface area (Å²) in [4.78, 5) is 2.76. The highest BCUT2D eigenvalue weighted by atomic mass is 32.1. The zero-order chi connectivity index (χ0) is 29.0. The Hall–Kier alpha value is -4.90. The SMILES string of the molecule is c1ccc2c(c1)c1ccccc1n2-c1ccc(Cc2ccc(Cc3ccc(-n4c5ccccc5c5ccccc54)s3)cc2)s1. The third-order valence-corrected chi connectivity index (χ3v) is 10.8. The second-order valence-corrected chi connectivity index (χ2v) is 13.7. The minimum atomic E-state index is 0.943. The molecule has 0 bridgehead atoms. The van der Waals surface area contributed by atoms with Crippen molar-refractivity contribution in [2.24, 2.45) is 0 Å². The maximum atomic E-state index is 2.41. The number of hydrogen-bond acceptors (Lipinski definition) is 2. The predicted molar refractivity (Wildman–Crippen MR) is 189 cm³/mol. The van der Waals surface area contributed by atoms with Gasteiger partial charge in [-0.25, -0.2) is 0 Å². The van der Waals surface area contributed by atoms with Gasteiger partial charge >= 0.3 is 0 Å². The number of para-hydroxylation sites is 4. The topological polar surface area (TPSA) is 9.86 Å². The van der Waals surface area contributed by atoms with Gasteiger partial charge in [-0.3, -0.25) is 0 Å². The summed E-state index contributed by atoms with van der Waals surface area (Å²) in [7, 11) is 0. The van der Waals surface area contributed by atoms with Crippen molar-refractivity contribution >= 4 is 66.3 Å². The molecule has 210 valence electrons. The minimum Gasteiger partial charge on any atom is -0.301 e. The molecular weight excluding hydrogens is 573 g/mol. The molecule has 0 amide bonds. The number of aromatic nitrogens is 2. The van der Waals surface area contributed by atoms with Crippen LogP contribution in [-0.2, 0) is 12.8 Å². The molecule has 0 aliphatic carbocycles. The summed E-state index contributed by atoms with van der Waals surface area (Å²) < 4.78 is 4.83. The molecule has 44 heavy (non-hydrogen) atoms. The molecule has 9 rings (SSSR count). The standard InChI is InChI=1S/C40H28N2S2/c1-5-13-35-31(9-1)32-10-2-6-14-36(32)41(35)39-23-21-29(43-39)25-27-17-19-28(20-18-27)26-30-22-24-40(44-30)42-37-15-7-3-11-33(37)34-12-4-8-16-38(34)42/h1-24H,25-26H2. The summed E-state index contributed by atoms with van der Waals surface area (Å²) in [6.45, 7) is 0. The third kappa shape index (κ3) is 4.22. The Kier molecular flexibility index (Phi) is 6.03. The van der Waals surface area contributed by atoms with Gasteiger partial charge in [0.15, 0.2) is 0 Å². The average Bonchev–Trinajstić information content (AvgIpc) is 3.85. The third-order valence-electron chi connectivity index (χ3n) is 8.68. The first-order valence-corrected chi connectivity index (χ1v) is 16.7. The van der Waals surface area contributed by atoms with Crippen molar-refractivity contribution in [2.45, 2.75) is 12.8 Å². The van der Waals surface area contributed by atoms with Crippen molar-refractivity contribution in [3.8, 4) is 10.0 Å². The Morgan fingerprint density at radius 1 is 0.341 bits per heavy atom. The predicted octanol–water partition coefficient (Wildman–Crippen LogP) is 11.2. The van der Waals surface area contributed by atoms with E-state index in [0.717, 1.165) is 12.8 Å². The van der Waals surface area contributed by atoms with Crippen LogP contribution in [-0.4, -0.2) is 9.13 Å². The molecule has 0 N–H and O–H groups in total. The lowest BCUT2D eigenvalue weighted by atomic mass is 10.1. The van der Waals surface area contributed by atoms with E-state index >= 15 is 0 Å². The van der Waals surface area contributed by atoms with Crippen molar-refractivity contribution in [3.63, 3.8) is 0 Å². The van der Waals surface area contributed by atoms with E-state index in [-0.39, 0.29) is 0 Å². The molecule has 0 spiro atoms. The first-order valence-electron chi connectivity index (χ1n) is 15.0. The molecule has 0 saturated heterocycles. The lowest BCUT2D eigenvalue weighted by Gasteiger charge is -2.05. The Morgan fingerprint density at radius 2 is 0.659 bits per heavy atom. The molecule has 0 unspecified atom stereocenters. The summed E-state index contributed by atoms with van der Waals surface area (Å²) in [5.41, 5.74) is 7.76. The molecule has 0 radical (unpaired) electrons. The molecule has 4 aromatic heterocycles. The average molecular weight is 601 g/mol. The Balaban J connectivity index is 0.956. The van der Waals surface area contributed by atoms with E-state index in [2.05, 4.69) is 155 Å². The van der Waals surface area contributed by atoms with Gasteiger partial charge < -0.3 is 9.13 Å². The largest absolute Gasteiger partial charge is 0.301 e. The quantitative estimate of drug-likeness (QED) is 0.180. The van der Waals surface area contributed by atoms with Crippen molar-refractivity contribution in [1.82, 2.24) is 9.13 Å². The van der Waals surface area contributed by atoms with Crippen molar-refractivity contribution in [1.29, 1.82) is 0 Å². The fourth-order valence-electron chi connectivity index (χ4n) is 6.66. The molecular formula is C40H28N2S2. The highest BCUT2D eigenvalue weighted by Gasteiger charge is 2.15. The summed E-state index contributed by atoms with van der Waals surface area (Å²) in [6.07, 6.45) is 1.89. The monoisotopic (exact) mass is 600 g/mol. The summed E-state index contributed by atoms with van der Waals surface area (Å²) in [6, 6.07) is 53.2. The molecule has 5 aromatic carbocycles. The van der Waals surface area contributed by atoms with Gasteiger partial charge in [-0.2, -0.15) is 0 Å². The van der Waals surface area contributed by atoms with Gasteiger partial charge in [-0.05, 0) is 59.7 Å². The van der Waals surface area contributed by atoms with Crippen LogP contribution in [0.2, 0.25) is 0 Å². The van der Waals surface area contributed by atoms with Crippen LogP contribution in [0.1, 0.15) is 20.9 Å². The number of rotatable bonds is 6. The van der Waals surface area contributed by atoms with E-state index in [1.165, 1.54) is 74.5 Å². The first kappa shape index (κ1) is 25.6. The fourth-order valence-corrected chi connectivity index (χ4v) is 8.80. The molecule has 0 fully saturated rings. The molecule has 0 atom stereocenters. The zero-order valence-corrected chi connectivity index (χ0v) is 25.6. The lowest BCUT2D eigenvalue weighted by molar-refractivity contribution is 1.19. The number of thiophene rings is 2. The number of benzene rings is 5. The van der Waals surface area contributed by atoms with Crippen LogP contribution in [0.4, 0.5) is 0 Å². The van der Waals surface area contributed by atoms with Crippen LogP contribution >= 0.6 is 22.7 Å². The van der Waals surface area contributed by atoms with E-state index in [1.807, 2.05) is 22.7 Å². The Bertz CT molecular complexity index is 2170. The number of nitrogens with zero attached hydrogens (tertiary/aromatic N) is 2. The Morgan fingerprint density at radius 3 is 1.00 bits per heavy atom. The van der Waals surface area contributed by atoms with Crippen molar-refractivity contribution < 1.29 is 0 Å². The maximum absolute atomic E-state index is 2.41. The van der Waals surface area contributed by atoms with Gasteiger partial charge in [0.25, 0.3) is 0 Å². The van der Waals surface area contributed by atoms with E-state index in [0.29, 0.717) is 0 Å². The molecule has 4 heteroatoms. The van der Waals surface area contributed by atoms with E-state index in [4.69, 9.17) is 0 Å². The summed E-state index contributed by atoms with van der Waals surface area (Å²) in [5, 5.41) is 7.77. The minimum absolute atomic E-state index is 0.943. The van der Waals surface area contributed by atoms with Crippen LogP contribution in [0, 0.1) is 0 Å². The molecule has 0 aliphatic heterocycles. The van der Waals surface area contributed by atoms with Crippen LogP contribution in [0.5, 0.6) is 0 Å². The van der Waals surface area contributed by atoms with Gasteiger partial charge in [0.2, 0.25) is 0 Å². The second-order valence-electron chi connectivity index (χ2n) is 11.4. The normalized spacial score (nSPS) is 11.8. The first-order chi connectivity index (χ1) is 21.8. The van der Waals surface area contributed by atoms with Crippen LogP contribution in [0.15, 0.2) is 146 Å². The lowest BCUT2D eigenvalue weighted by Crippen LogP contribution is -1.90. The van der Waals surface area contributed by atoms with Gasteiger partial charge in [0.1, 0.15) is 10.0 Å². The number of fused-ring (bicyclic) bond motifs is 6. The van der Waals surface area contributed by atoms with E-state index in [9.17, 15) is 0 Å². The number of hydrogen-bond donors (Lipinski definition) is 0. The van der Waals surface area contributed by atoms with Crippen molar-refractivity contribution in [2.75, 3.05) is 0 Å². The van der Waals surface area contributed by atoms with Gasteiger partial charge in [0, 0.05) is 44.1 Å². The van der Waals surface area contributed by atoms with Crippen LogP contribution in [0.3, 0.4) is 0 Å². The van der Waals surface area contributed by atoms with Gasteiger partial charge in [-0.15, -0.1) is 22.7 Å². The Labute approximate surface area is 263 Å². The van der Waals surface area contributed by atoms with Gasteiger partial charge in [0.05, 0.1) is 22.1 Å². The molecule has 0 aliphatic rings. The fraction of sp³-hybridized carbons (Fsp3) is 0.0500. The summed E-state index contributed by atoms with van der Waals surface area (Å²) >= 11 is 3.77. The zero-order valence-electron chi connectivity index (χ0n) is 24.0. The van der Waals surface area contributed by atoms with Crippen molar-refractivity contribution in [3.05, 3.63) is 166 Å². The molecule has 9 aromatic rings. The summed E-state index contributed by atoms with van der Waals surface area (Å²) in [5.74, 6) is 0. The highest BCUT2D eigenvalue weighted by Crippen LogP contribution is 2.36. The molecule has 4 heterocycles. The van der Waals surface area contributed by atoms with E-state index in [1.54, 1.807) is 0 Å².